The van der Waals surface area contributed by atoms with Crippen molar-refractivity contribution >= 4 is 16.7 Å². The van der Waals surface area contributed by atoms with Crippen LogP contribution in [-0.2, 0) is 0 Å². The van der Waals surface area contributed by atoms with Gasteiger partial charge in [-0.25, -0.2) is 0 Å². The number of hydrogen-bond acceptors (Lipinski definition) is 4. The highest BCUT2D eigenvalue weighted by atomic mass is 16.5. The molecule has 120 valence electrons. The number of fused-ring (bicyclic) bond motifs is 1. The first-order chi connectivity index (χ1) is 11.8. The first-order valence-corrected chi connectivity index (χ1v) is 8.02. The molecule has 0 aliphatic carbocycles. The predicted octanol–water partition coefficient (Wildman–Crippen LogP) is 2.92. The number of likely N-dealkylation sites (tertiary alicyclic amines) is 1. The van der Waals surface area contributed by atoms with Crippen LogP contribution in [-0.4, -0.2) is 40.2 Å². The number of carbonyl (C=O) groups excluding carboxylic acids is 1. The lowest BCUT2D eigenvalue weighted by Gasteiger charge is -2.17. The van der Waals surface area contributed by atoms with Crippen molar-refractivity contribution in [2.24, 2.45) is 0 Å². The van der Waals surface area contributed by atoms with Gasteiger partial charge in [0.1, 0.15) is 6.10 Å². The minimum atomic E-state index is -0.0360. The molecule has 3 aromatic rings. The van der Waals surface area contributed by atoms with E-state index >= 15 is 0 Å². The van der Waals surface area contributed by atoms with Crippen LogP contribution in [0.2, 0.25) is 0 Å². The van der Waals surface area contributed by atoms with Gasteiger partial charge in [0.2, 0.25) is 5.88 Å². The molecule has 1 aliphatic rings. The van der Waals surface area contributed by atoms with Crippen LogP contribution in [0, 0.1) is 0 Å². The first-order valence-electron chi connectivity index (χ1n) is 8.02. The molecule has 1 atom stereocenters. The summed E-state index contributed by atoms with van der Waals surface area (Å²) in [6.07, 6.45) is 2.37. The maximum absolute atomic E-state index is 12.7. The number of rotatable bonds is 3. The lowest BCUT2D eigenvalue weighted by atomic mass is 10.1. The van der Waals surface area contributed by atoms with Crippen LogP contribution in [0.4, 0.5) is 0 Å². The average molecular weight is 319 g/mol. The highest BCUT2D eigenvalue weighted by molar-refractivity contribution is 5.98. The summed E-state index contributed by atoms with van der Waals surface area (Å²) in [7, 11) is 0. The van der Waals surface area contributed by atoms with Crippen LogP contribution in [0.5, 0.6) is 5.88 Å². The number of carbonyl (C=O) groups is 1. The Morgan fingerprint density at radius 2 is 1.96 bits per heavy atom. The molecule has 5 nitrogen and oxygen atoms in total. The van der Waals surface area contributed by atoms with E-state index in [1.807, 2.05) is 47.4 Å². The number of hydrogen-bond donors (Lipinski definition) is 0. The first kappa shape index (κ1) is 14.6. The highest BCUT2D eigenvalue weighted by Crippen LogP contribution is 2.21. The zero-order valence-electron chi connectivity index (χ0n) is 13.1. The van der Waals surface area contributed by atoms with E-state index in [2.05, 4.69) is 10.2 Å². The molecule has 0 bridgehead atoms. The van der Waals surface area contributed by atoms with Crippen molar-refractivity contribution in [3.05, 3.63) is 66.4 Å². The van der Waals surface area contributed by atoms with Gasteiger partial charge in [-0.1, -0.05) is 30.3 Å². The zero-order chi connectivity index (χ0) is 16.4. The molecule has 0 spiro atoms. The van der Waals surface area contributed by atoms with Gasteiger partial charge in [0.15, 0.2) is 0 Å². The maximum Gasteiger partial charge on any atom is 0.254 e. The largest absolute Gasteiger partial charge is 0.471 e. The van der Waals surface area contributed by atoms with Crippen molar-refractivity contribution in [1.29, 1.82) is 0 Å². The SMILES string of the molecule is O=C(c1ccc2ccccc2c1)N1CCC(Oc2cccnn2)C1. The van der Waals surface area contributed by atoms with Gasteiger partial charge in [-0.2, -0.15) is 5.10 Å². The van der Waals surface area contributed by atoms with Crippen LogP contribution in [0.1, 0.15) is 16.8 Å². The summed E-state index contributed by atoms with van der Waals surface area (Å²) in [6.45, 7) is 1.26. The Labute approximate surface area is 139 Å². The Kier molecular flexibility index (Phi) is 3.83. The Balaban J connectivity index is 1.46. The van der Waals surface area contributed by atoms with Crippen LogP contribution < -0.4 is 4.74 Å². The number of aromatic nitrogens is 2. The maximum atomic E-state index is 12.7. The standard InChI is InChI=1S/C19H17N3O2/c23-19(16-8-7-14-4-1-2-5-15(14)12-16)22-11-9-17(13-22)24-18-6-3-10-20-21-18/h1-8,10,12,17H,9,11,13H2. The lowest BCUT2D eigenvalue weighted by molar-refractivity contribution is 0.0771. The lowest BCUT2D eigenvalue weighted by Crippen LogP contribution is -2.31. The molecule has 24 heavy (non-hydrogen) atoms. The second kappa shape index (κ2) is 6.28. The van der Waals surface area contributed by atoms with Gasteiger partial charge < -0.3 is 9.64 Å². The van der Waals surface area contributed by atoms with E-state index in [9.17, 15) is 4.79 Å². The molecule has 5 heteroatoms. The number of nitrogens with zero attached hydrogens (tertiary/aromatic N) is 3. The van der Waals surface area contributed by atoms with Gasteiger partial charge in [0.25, 0.3) is 5.91 Å². The van der Waals surface area contributed by atoms with E-state index in [0.717, 1.165) is 17.2 Å². The fourth-order valence-electron chi connectivity index (χ4n) is 3.03. The topological polar surface area (TPSA) is 55.3 Å². The minimum Gasteiger partial charge on any atom is -0.471 e. The smallest absolute Gasteiger partial charge is 0.254 e. The summed E-state index contributed by atoms with van der Waals surface area (Å²) in [4.78, 5) is 14.6. The van der Waals surface area contributed by atoms with Gasteiger partial charge in [-0.3, -0.25) is 4.79 Å². The Morgan fingerprint density at radius 1 is 1.08 bits per heavy atom. The van der Waals surface area contributed by atoms with Gasteiger partial charge in [-0.15, -0.1) is 5.10 Å². The van der Waals surface area contributed by atoms with E-state index in [1.54, 1.807) is 18.3 Å². The Hall–Kier alpha value is -2.95. The number of amides is 1. The van der Waals surface area contributed by atoms with Crippen LogP contribution in [0.15, 0.2) is 60.8 Å². The van der Waals surface area contributed by atoms with Crippen molar-refractivity contribution in [3.8, 4) is 5.88 Å². The van der Waals surface area contributed by atoms with Crippen LogP contribution in [0.25, 0.3) is 10.8 Å². The third-order valence-corrected chi connectivity index (χ3v) is 4.26. The molecule has 2 aromatic carbocycles. The number of benzene rings is 2. The van der Waals surface area contributed by atoms with Crippen molar-refractivity contribution < 1.29 is 9.53 Å². The van der Waals surface area contributed by atoms with Crippen molar-refractivity contribution in [1.82, 2.24) is 15.1 Å². The predicted molar refractivity (Wildman–Crippen MR) is 90.9 cm³/mol. The van der Waals surface area contributed by atoms with Gasteiger partial charge in [0, 0.05) is 30.8 Å². The molecule has 1 aromatic heterocycles. The zero-order valence-corrected chi connectivity index (χ0v) is 13.1. The fourth-order valence-corrected chi connectivity index (χ4v) is 3.03. The summed E-state index contributed by atoms with van der Waals surface area (Å²) < 4.78 is 5.79. The third kappa shape index (κ3) is 2.93. The highest BCUT2D eigenvalue weighted by Gasteiger charge is 2.28. The molecule has 0 radical (unpaired) electrons. The molecular weight excluding hydrogens is 302 g/mol. The van der Waals surface area contributed by atoms with Crippen molar-refractivity contribution in [3.63, 3.8) is 0 Å². The van der Waals surface area contributed by atoms with Crippen LogP contribution >= 0.6 is 0 Å². The summed E-state index contributed by atoms with van der Waals surface area (Å²) in [5.41, 5.74) is 0.717. The average Bonchev–Trinajstić information content (AvgIpc) is 3.10. The van der Waals surface area contributed by atoms with Crippen molar-refractivity contribution in [2.75, 3.05) is 13.1 Å². The Morgan fingerprint density at radius 3 is 2.79 bits per heavy atom. The van der Waals surface area contributed by atoms with Gasteiger partial charge >= 0.3 is 0 Å². The molecule has 0 saturated carbocycles. The van der Waals surface area contributed by atoms with Crippen LogP contribution in [0.3, 0.4) is 0 Å². The summed E-state index contributed by atoms with van der Waals surface area (Å²) in [6, 6.07) is 17.5. The molecule has 1 unspecified atom stereocenters. The fraction of sp³-hybridized carbons (Fsp3) is 0.211. The van der Waals surface area contributed by atoms with E-state index in [-0.39, 0.29) is 12.0 Å². The monoisotopic (exact) mass is 319 g/mol. The summed E-state index contributed by atoms with van der Waals surface area (Å²) >= 11 is 0. The van der Waals surface area contributed by atoms with E-state index in [4.69, 9.17) is 4.74 Å². The molecule has 4 rings (SSSR count). The number of ether oxygens (including phenoxy) is 1. The molecule has 1 amide bonds. The molecule has 2 heterocycles. The quantitative estimate of drug-likeness (QED) is 0.745. The van der Waals surface area contributed by atoms with Gasteiger partial charge in [0.05, 0.1) is 6.54 Å². The minimum absolute atomic E-state index is 0.0360. The second-order valence-electron chi connectivity index (χ2n) is 5.90. The second-order valence-corrected chi connectivity index (χ2v) is 5.90. The molecular formula is C19H17N3O2. The summed E-state index contributed by atoms with van der Waals surface area (Å²) in [5, 5.41) is 9.95. The summed E-state index contributed by atoms with van der Waals surface area (Å²) in [5.74, 6) is 0.550. The third-order valence-electron chi connectivity index (χ3n) is 4.26. The Bertz CT molecular complexity index is 867. The van der Waals surface area contributed by atoms with Crippen molar-refractivity contribution in [2.45, 2.75) is 12.5 Å². The molecule has 1 saturated heterocycles. The van der Waals surface area contributed by atoms with E-state index in [0.29, 0.717) is 24.5 Å². The molecule has 1 fully saturated rings. The normalized spacial score (nSPS) is 17.2. The van der Waals surface area contributed by atoms with E-state index < -0.39 is 0 Å². The molecule has 0 N–H and O–H groups in total. The van der Waals surface area contributed by atoms with Gasteiger partial charge in [-0.05, 0) is 29.0 Å². The molecule has 1 aliphatic heterocycles. The van der Waals surface area contributed by atoms with E-state index in [1.165, 1.54) is 0 Å².